The Bertz CT molecular complexity index is 698. The first-order chi connectivity index (χ1) is 12.4. The number of benzene rings is 2. The second-order valence-electron chi connectivity index (χ2n) is 6.15. The number of anilines is 2. The van der Waals surface area contributed by atoms with Crippen LogP contribution in [0.15, 0.2) is 36.4 Å². The topological polar surface area (TPSA) is 58.2 Å². The highest BCUT2D eigenvalue weighted by molar-refractivity contribution is 8.77. The molecule has 0 saturated heterocycles. The second kappa shape index (κ2) is 9.69. The molecule has 0 aliphatic heterocycles. The van der Waals surface area contributed by atoms with Gasteiger partial charge in [0.25, 0.3) is 0 Å². The summed E-state index contributed by atoms with van der Waals surface area (Å²) in [5.41, 5.74) is 5.92. The lowest BCUT2D eigenvalue weighted by atomic mass is 10.1. The SMILES string of the molecule is Cc1cccc(C)c1NC(=O)CSSCC(=O)Nc1c(C)cccc1C. The minimum Gasteiger partial charge on any atom is -0.325 e. The van der Waals surface area contributed by atoms with Gasteiger partial charge in [-0.25, -0.2) is 0 Å². The van der Waals surface area contributed by atoms with Gasteiger partial charge in [-0.05, 0) is 49.9 Å². The molecule has 0 unspecified atom stereocenters. The molecule has 138 valence electrons. The standard InChI is InChI=1S/C20H24N2O2S2/c1-13-7-5-8-14(2)19(13)21-17(23)11-25-26-12-18(24)22-20-15(3)9-6-10-16(20)4/h5-10H,11-12H2,1-4H3,(H,21,23)(H,22,24). The van der Waals surface area contributed by atoms with Gasteiger partial charge in [0.05, 0.1) is 11.5 Å². The molecule has 2 aromatic carbocycles. The van der Waals surface area contributed by atoms with Crippen LogP contribution in [-0.4, -0.2) is 23.3 Å². The van der Waals surface area contributed by atoms with E-state index in [1.165, 1.54) is 21.6 Å². The third kappa shape index (κ3) is 5.81. The van der Waals surface area contributed by atoms with Crippen LogP contribution in [0.25, 0.3) is 0 Å². The van der Waals surface area contributed by atoms with E-state index in [0.717, 1.165) is 33.6 Å². The number of nitrogens with one attached hydrogen (secondary N) is 2. The lowest BCUT2D eigenvalue weighted by Crippen LogP contribution is -2.17. The fraction of sp³-hybridized carbons (Fsp3) is 0.300. The third-order valence-corrected chi connectivity index (χ3v) is 6.09. The number of hydrogen-bond donors (Lipinski definition) is 2. The van der Waals surface area contributed by atoms with Crippen LogP contribution in [-0.2, 0) is 9.59 Å². The minimum absolute atomic E-state index is 0.0601. The van der Waals surface area contributed by atoms with E-state index in [2.05, 4.69) is 10.6 Å². The maximum absolute atomic E-state index is 12.1. The lowest BCUT2D eigenvalue weighted by molar-refractivity contribution is -0.114. The zero-order valence-corrected chi connectivity index (χ0v) is 17.1. The molecular formula is C20H24N2O2S2. The van der Waals surface area contributed by atoms with Crippen LogP contribution in [0.2, 0.25) is 0 Å². The Morgan fingerprint density at radius 2 is 1.00 bits per heavy atom. The van der Waals surface area contributed by atoms with Crippen LogP contribution < -0.4 is 10.6 Å². The van der Waals surface area contributed by atoms with Gasteiger partial charge in [0.1, 0.15) is 0 Å². The van der Waals surface area contributed by atoms with E-state index in [9.17, 15) is 9.59 Å². The van der Waals surface area contributed by atoms with Crippen LogP contribution in [0.3, 0.4) is 0 Å². The highest BCUT2D eigenvalue weighted by Gasteiger charge is 2.10. The molecule has 0 bridgehead atoms. The van der Waals surface area contributed by atoms with Crippen molar-refractivity contribution in [2.75, 3.05) is 22.1 Å². The first kappa shape index (κ1) is 20.4. The van der Waals surface area contributed by atoms with E-state index in [4.69, 9.17) is 0 Å². The maximum Gasteiger partial charge on any atom is 0.235 e. The number of para-hydroxylation sites is 2. The highest BCUT2D eigenvalue weighted by Crippen LogP contribution is 2.25. The van der Waals surface area contributed by atoms with E-state index < -0.39 is 0 Å². The molecule has 2 rings (SSSR count). The van der Waals surface area contributed by atoms with Gasteiger partial charge in [-0.15, -0.1) is 0 Å². The Labute approximate surface area is 162 Å². The molecule has 0 saturated carbocycles. The fourth-order valence-corrected chi connectivity index (χ4v) is 4.23. The Hall–Kier alpha value is -1.92. The van der Waals surface area contributed by atoms with E-state index in [-0.39, 0.29) is 11.8 Å². The number of amides is 2. The molecule has 0 fully saturated rings. The first-order valence-corrected chi connectivity index (χ1v) is 10.8. The lowest BCUT2D eigenvalue weighted by Gasteiger charge is -2.12. The Balaban J connectivity index is 1.74. The molecule has 4 nitrogen and oxygen atoms in total. The summed E-state index contributed by atoms with van der Waals surface area (Å²) in [6.07, 6.45) is 0. The smallest absolute Gasteiger partial charge is 0.235 e. The number of aryl methyl sites for hydroxylation is 4. The average Bonchev–Trinajstić information content (AvgIpc) is 2.58. The summed E-state index contributed by atoms with van der Waals surface area (Å²) in [4.78, 5) is 24.2. The van der Waals surface area contributed by atoms with Gasteiger partial charge in [-0.1, -0.05) is 58.0 Å². The molecule has 0 radical (unpaired) electrons. The maximum atomic E-state index is 12.1. The van der Waals surface area contributed by atoms with Crippen molar-refractivity contribution in [1.82, 2.24) is 0 Å². The van der Waals surface area contributed by atoms with Gasteiger partial charge in [0.15, 0.2) is 0 Å². The summed E-state index contributed by atoms with van der Waals surface area (Å²) in [5.74, 6) is 0.481. The Morgan fingerprint density at radius 3 is 1.31 bits per heavy atom. The van der Waals surface area contributed by atoms with Crippen molar-refractivity contribution in [3.8, 4) is 0 Å². The monoisotopic (exact) mass is 388 g/mol. The molecule has 26 heavy (non-hydrogen) atoms. The number of rotatable bonds is 7. The van der Waals surface area contributed by atoms with Crippen molar-refractivity contribution in [2.24, 2.45) is 0 Å². The zero-order valence-electron chi connectivity index (χ0n) is 15.5. The van der Waals surface area contributed by atoms with Crippen molar-refractivity contribution in [3.05, 3.63) is 58.7 Å². The molecule has 0 aliphatic carbocycles. The van der Waals surface area contributed by atoms with Gasteiger partial charge >= 0.3 is 0 Å². The third-order valence-electron chi connectivity index (χ3n) is 3.95. The summed E-state index contributed by atoms with van der Waals surface area (Å²) < 4.78 is 0. The number of carbonyl (C=O) groups excluding carboxylic acids is 2. The molecule has 0 heterocycles. The van der Waals surface area contributed by atoms with Crippen molar-refractivity contribution >= 4 is 44.8 Å². The summed E-state index contributed by atoms with van der Waals surface area (Å²) >= 11 is 0. The molecule has 0 aliphatic rings. The van der Waals surface area contributed by atoms with E-state index >= 15 is 0 Å². The van der Waals surface area contributed by atoms with Crippen molar-refractivity contribution in [3.63, 3.8) is 0 Å². The second-order valence-corrected chi connectivity index (χ2v) is 8.62. The quantitative estimate of drug-likeness (QED) is 0.524. The van der Waals surface area contributed by atoms with Gasteiger partial charge in [-0.3, -0.25) is 9.59 Å². The fourth-order valence-electron chi connectivity index (χ4n) is 2.56. The van der Waals surface area contributed by atoms with Gasteiger partial charge in [0, 0.05) is 11.4 Å². The normalized spacial score (nSPS) is 10.5. The molecule has 0 atom stereocenters. The first-order valence-electron chi connectivity index (χ1n) is 8.35. The van der Waals surface area contributed by atoms with Gasteiger partial charge in [0.2, 0.25) is 11.8 Å². The molecule has 0 aromatic heterocycles. The predicted molar refractivity (Wildman–Crippen MR) is 114 cm³/mol. The summed E-state index contributed by atoms with van der Waals surface area (Å²) in [6.45, 7) is 7.90. The minimum atomic E-state index is -0.0601. The van der Waals surface area contributed by atoms with Crippen LogP contribution in [0.5, 0.6) is 0 Å². The van der Waals surface area contributed by atoms with Crippen LogP contribution >= 0.6 is 21.6 Å². The van der Waals surface area contributed by atoms with Gasteiger partial charge < -0.3 is 10.6 Å². The van der Waals surface area contributed by atoms with E-state index in [0.29, 0.717) is 11.5 Å². The molecule has 2 aromatic rings. The molecular weight excluding hydrogens is 364 g/mol. The Morgan fingerprint density at radius 1 is 0.692 bits per heavy atom. The number of hydrogen-bond acceptors (Lipinski definition) is 4. The van der Waals surface area contributed by atoms with Crippen molar-refractivity contribution < 1.29 is 9.59 Å². The van der Waals surface area contributed by atoms with Gasteiger partial charge in [-0.2, -0.15) is 0 Å². The largest absolute Gasteiger partial charge is 0.325 e. The summed E-state index contributed by atoms with van der Waals surface area (Å²) in [5, 5.41) is 5.90. The van der Waals surface area contributed by atoms with Crippen LogP contribution in [0, 0.1) is 27.7 Å². The average molecular weight is 389 g/mol. The number of carbonyl (C=O) groups is 2. The molecule has 6 heteroatoms. The molecule has 2 amide bonds. The Kier molecular flexibility index (Phi) is 7.60. The van der Waals surface area contributed by atoms with E-state index in [1.807, 2.05) is 64.1 Å². The molecule has 2 N–H and O–H groups in total. The van der Waals surface area contributed by atoms with Crippen LogP contribution in [0.1, 0.15) is 22.3 Å². The highest BCUT2D eigenvalue weighted by atomic mass is 33.1. The summed E-state index contributed by atoms with van der Waals surface area (Å²) in [6, 6.07) is 11.8. The van der Waals surface area contributed by atoms with Crippen LogP contribution in [0.4, 0.5) is 11.4 Å². The van der Waals surface area contributed by atoms with Crippen molar-refractivity contribution in [2.45, 2.75) is 27.7 Å². The van der Waals surface area contributed by atoms with Crippen molar-refractivity contribution in [1.29, 1.82) is 0 Å². The zero-order chi connectivity index (χ0) is 19.1. The molecule has 0 spiro atoms. The summed E-state index contributed by atoms with van der Waals surface area (Å²) in [7, 11) is 2.77. The van der Waals surface area contributed by atoms with E-state index in [1.54, 1.807) is 0 Å². The predicted octanol–water partition coefficient (Wildman–Crippen LogP) is 4.88.